The quantitative estimate of drug-likeness (QED) is 0.0438. The summed E-state index contributed by atoms with van der Waals surface area (Å²) < 4.78 is 58.1. The molecule has 0 bridgehead atoms. The van der Waals surface area contributed by atoms with Crippen LogP contribution in [-0.4, -0.2) is 117 Å². The number of methoxy groups -OCH3 is 2. The number of para-hydroxylation sites is 8. The largest absolute Gasteiger partial charge is 0.497 e. The number of hydrogen-bond donors (Lipinski definition) is 6. The number of aromatic nitrogens is 9. The van der Waals surface area contributed by atoms with Crippen LogP contribution >= 0.6 is 11.6 Å². The summed E-state index contributed by atoms with van der Waals surface area (Å²) in [6.07, 6.45) is 3.66. The number of alkyl halides is 2. The van der Waals surface area contributed by atoms with Gasteiger partial charge in [-0.25, -0.2) is 59.2 Å². The van der Waals surface area contributed by atoms with E-state index in [0.29, 0.717) is 66.8 Å². The van der Waals surface area contributed by atoms with Crippen molar-refractivity contribution in [3.05, 3.63) is 233 Å². The molecule has 0 aliphatic carbocycles. The normalized spacial score (nSPS) is 10.6. The second-order valence-corrected chi connectivity index (χ2v) is 20.2. The zero-order valence-corrected chi connectivity index (χ0v) is 51.1. The molecule has 6 aromatic heterocycles. The smallest absolute Gasteiger partial charge is 0.387 e. The highest BCUT2D eigenvalue weighted by Crippen LogP contribution is 2.37. The molecule has 3 amide bonds. The second-order valence-electron chi connectivity index (χ2n) is 19.7. The predicted molar refractivity (Wildman–Crippen MR) is 345 cm³/mol. The number of carboxylic acids is 3. The molecule has 0 fully saturated rings. The number of aryl methyl sites for hydroxylation is 1. The molecule has 12 aromatic rings. The van der Waals surface area contributed by atoms with Crippen molar-refractivity contribution in [3.63, 3.8) is 0 Å². The maximum absolute atomic E-state index is 13.1. The minimum Gasteiger partial charge on any atom is -0.497 e. The van der Waals surface area contributed by atoms with Crippen molar-refractivity contribution in [3.8, 4) is 52.1 Å². The van der Waals surface area contributed by atoms with Crippen LogP contribution in [0.5, 0.6) is 52.1 Å². The van der Waals surface area contributed by atoms with Crippen molar-refractivity contribution in [2.75, 3.05) is 30.2 Å². The standard InChI is InChI=1S/C23H18N4O6.C22H15ClN4O4.C22H14F2N4O5/c1-31-14-8-10-18(19(11-14)32-2)33-22-20(26-15-5-3-4-6-16(15)27-22)21(28)25-13-7-9-17(23(29)30)24-12-13;1-12-10-13(23)6-9-18(12)31-21-19(26-15-4-2-3-5-16(15)27-21)20(28)25-14-7-8-17(22(29)30)24-11-14;23-22(24)33-17-8-4-3-7-16(17)32-20-18(27-13-5-1-2-6-14(13)28-20)19(29)26-12-9-10-15(21(30)31)25-11-12/h3-12H,1-2H3,(H,25,28)(H,29,30);2-11H,1H3,(H,25,28)(H,29,30);1-11,22H,(H,26,29)(H,30,31). The van der Waals surface area contributed by atoms with Gasteiger partial charge in [0.15, 0.2) is 40.1 Å². The number of pyridine rings is 3. The maximum atomic E-state index is 13.1. The van der Waals surface area contributed by atoms with Gasteiger partial charge in [0.2, 0.25) is 0 Å². The fourth-order valence-electron chi connectivity index (χ4n) is 8.59. The fourth-order valence-corrected chi connectivity index (χ4v) is 8.82. The Balaban J connectivity index is 0.000000158. The molecular formula is C67H47ClF2N12O15. The Kier molecular flexibility index (Phi) is 20.8. The summed E-state index contributed by atoms with van der Waals surface area (Å²) in [6.45, 7) is -1.26. The number of ether oxygens (including phenoxy) is 6. The van der Waals surface area contributed by atoms with Gasteiger partial charge >= 0.3 is 24.5 Å². The van der Waals surface area contributed by atoms with Crippen molar-refractivity contribution < 1.29 is 81.3 Å². The van der Waals surface area contributed by atoms with Crippen LogP contribution in [0.1, 0.15) is 68.5 Å². The van der Waals surface area contributed by atoms with E-state index in [1.54, 1.807) is 103 Å². The molecule has 0 atom stereocenters. The first-order valence-corrected chi connectivity index (χ1v) is 28.6. The molecular weight excluding hydrogens is 1290 g/mol. The Labute approximate surface area is 550 Å². The zero-order valence-electron chi connectivity index (χ0n) is 50.4. The van der Waals surface area contributed by atoms with Crippen molar-refractivity contribution >= 4 is 97.4 Å². The number of nitrogens with zero attached hydrogens (tertiary/aromatic N) is 9. The molecule has 97 heavy (non-hydrogen) atoms. The second kappa shape index (κ2) is 30.3. The van der Waals surface area contributed by atoms with E-state index < -0.39 is 42.2 Å². The van der Waals surface area contributed by atoms with Crippen molar-refractivity contribution in [1.29, 1.82) is 0 Å². The minimum absolute atomic E-state index is 0.0248. The number of anilines is 3. The summed E-state index contributed by atoms with van der Waals surface area (Å²) in [5.41, 5.74) is 3.65. The van der Waals surface area contributed by atoms with Crippen LogP contribution in [0.15, 0.2) is 188 Å². The first-order valence-electron chi connectivity index (χ1n) is 28.2. The number of carbonyl (C=O) groups is 6. The van der Waals surface area contributed by atoms with Gasteiger partial charge in [-0.2, -0.15) is 8.78 Å². The minimum atomic E-state index is -3.08. The molecule has 27 nitrogen and oxygen atoms in total. The van der Waals surface area contributed by atoms with Gasteiger partial charge in [0.25, 0.3) is 35.4 Å². The molecule has 0 aliphatic heterocycles. The van der Waals surface area contributed by atoms with E-state index in [1.807, 2.05) is 13.0 Å². The van der Waals surface area contributed by atoms with E-state index in [0.717, 1.165) is 5.56 Å². The highest BCUT2D eigenvalue weighted by molar-refractivity contribution is 6.30. The van der Waals surface area contributed by atoms with Gasteiger partial charge in [0.05, 0.1) is 83.0 Å². The number of benzene rings is 6. The van der Waals surface area contributed by atoms with Crippen LogP contribution in [0.2, 0.25) is 5.02 Å². The number of rotatable bonds is 19. The molecule has 6 N–H and O–H groups in total. The Bertz CT molecular complexity index is 4970. The van der Waals surface area contributed by atoms with Gasteiger partial charge in [-0.3, -0.25) is 14.4 Å². The van der Waals surface area contributed by atoms with Crippen LogP contribution in [0.25, 0.3) is 33.1 Å². The van der Waals surface area contributed by atoms with Gasteiger partial charge in [-0.15, -0.1) is 0 Å². The van der Waals surface area contributed by atoms with Crippen LogP contribution in [0, 0.1) is 6.92 Å². The van der Waals surface area contributed by atoms with Crippen molar-refractivity contribution in [2.45, 2.75) is 13.5 Å². The summed E-state index contributed by atoms with van der Waals surface area (Å²) >= 11 is 6.01. The Morgan fingerprint density at radius 2 is 0.763 bits per heavy atom. The fraction of sp³-hybridized carbons (Fsp3) is 0.0597. The van der Waals surface area contributed by atoms with E-state index in [1.165, 1.54) is 93.5 Å². The third-order valence-corrected chi connectivity index (χ3v) is 13.4. The molecule has 12 rings (SSSR count). The number of hydrogen-bond acceptors (Lipinski definition) is 21. The summed E-state index contributed by atoms with van der Waals surface area (Å²) in [5, 5.41) is 35.3. The van der Waals surface area contributed by atoms with Crippen LogP contribution in [-0.2, 0) is 0 Å². The van der Waals surface area contributed by atoms with Gasteiger partial charge < -0.3 is 59.7 Å². The molecule has 6 heterocycles. The number of amides is 3. The SMILES string of the molecule is COc1ccc(Oc2nc3ccccc3nc2C(=O)Nc2ccc(C(=O)O)nc2)c(OC)c1.Cc1cc(Cl)ccc1Oc1nc2ccccc2nc1C(=O)Nc1ccc(C(=O)O)nc1.O=C(O)c1ccc(NC(=O)c2nc3ccccc3nc2Oc2ccccc2OC(F)F)cn1. The monoisotopic (exact) mass is 1330 g/mol. The van der Waals surface area contributed by atoms with E-state index in [9.17, 15) is 37.5 Å². The van der Waals surface area contributed by atoms with Crippen molar-refractivity contribution in [1.82, 2.24) is 44.9 Å². The molecule has 6 aromatic carbocycles. The van der Waals surface area contributed by atoms with Crippen LogP contribution < -0.4 is 44.4 Å². The molecule has 486 valence electrons. The van der Waals surface area contributed by atoms with E-state index >= 15 is 0 Å². The Morgan fingerprint density at radius 3 is 1.10 bits per heavy atom. The molecule has 0 saturated carbocycles. The maximum Gasteiger partial charge on any atom is 0.387 e. The summed E-state index contributed by atoms with van der Waals surface area (Å²) in [7, 11) is 3.01. The molecule has 0 radical (unpaired) electrons. The molecule has 0 aliphatic rings. The molecule has 30 heteroatoms. The lowest BCUT2D eigenvalue weighted by atomic mass is 10.2. The zero-order chi connectivity index (χ0) is 68.7. The summed E-state index contributed by atoms with van der Waals surface area (Å²) in [6, 6.07) is 44.6. The highest BCUT2D eigenvalue weighted by atomic mass is 35.5. The average molecular weight is 1330 g/mol. The first-order chi connectivity index (χ1) is 46.8. The van der Waals surface area contributed by atoms with E-state index in [-0.39, 0.29) is 74.7 Å². The average Bonchev–Trinajstić information content (AvgIpc) is 0.895. The lowest BCUT2D eigenvalue weighted by molar-refractivity contribution is -0.0510. The molecule has 0 unspecified atom stereocenters. The molecule has 0 saturated heterocycles. The van der Waals surface area contributed by atoms with Crippen LogP contribution in [0.3, 0.4) is 0 Å². The van der Waals surface area contributed by atoms with E-state index in [4.69, 9.17) is 50.6 Å². The number of aromatic carboxylic acids is 3. The van der Waals surface area contributed by atoms with Gasteiger partial charge in [0, 0.05) is 11.1 Å². The van der Waals surface area contributed by atoms with Crippen LogP contribution in [0.4, 0.5) is 25.8 Å². The van der Waals surface area contributed by atoms with E-state index in [2.05, 4.69) is 65.5 Å². The lowest BCUT2D eigenvalue weighted by Crippen LogP contribution is -2.16. The number of fused-ring (bicyclic) bond motifs is 3. The lowest BCUT2D eigenvalue weighted by Gasteiger charge is -2.14. The Hall–Kier alpha value is -13.4. The molecule has 0 spiro atoms. The Morgan fingerprint density at radius 1 is 0.412 bits per heavy atom. The highest BCUT2D eigenvalue weighted by Gasteiger charge is 2.25. The summed E-state index contributed by atoms with van der Waals surface area (Å²) in [5.74, 6) is -4.33. The summed E-state index contributed by atoms with van der Waals surface area (Å²) in [4.78, 5) is 110. The van der Waals surface area contributed by atoms with Gasteiger partial charge in [0.1, 0.15) is 28.6 Å². The number of carbonyl (C=O) groups excluding carboxylic acids is 3. The van der Waals surface area contributed by atoms with Gasteiger partial charge in [-0.05, 0) is 128 Å². The number of halogens is 3. The van der Waals surface area contributed by atoms with Gasteiger partial charge in [-0.1, -0.05) is 60.1 Å². The third-order valence-electron chi connectivity index (χ3n) is 13.2. The first kappa shape index (κ1) is 66.5. The van der Waals surface area contributed by atoms with Crippen molar-refractivity contribution in [2.24, 2.45) is 0 Å². The third kappa shape index (κ3) is 16.8. The topological polar surface area (TPSA) is 371 Å². The number of nitrogens with one attached hydrogen (secondary N) is 3. The number of carboxylic acid groups (broad SMARTS) is 3. The predicted octanol–water partition coefficient (Wildman–Crippen LogP) is 12.9.